The normalized spacial score (nSPS) is 7.71. The molecule has 0 aliphatic heterocycles. The summed E-state index contributed by atoms with van der Waals surface area (Å²) in [4.78, 5) is 4.98. The zero-order valence-electron chi connectivity index (χ0n) is 8.79. The van der Waals surface area contributed by atoms with Gasteiger partial charge >= 0.3 is 0 Å². The predicted octanol–water partition coefficient (Wildman–Crippen LogP) is 3.96. The fraction of sp³-hybridized carbons (Fsp3) is 0.417. The molecule has 0 saturated heterocycles. The molecule has 0 saturated carbocycles. The fourth-order valence-electron chi connectivity index (χ4n) is 1.01. The lowest BCUT2D eigenvalue weighted by atomic mass is 10.1. The van der Waals surface area contributed by atoms with Crippen LogP contribution in [0, 0.1) is 13.8 Å². The van der Waals surface area contributed by atoms with Gasteiger partial charge in [-0.05, 0) is 25.0 Å². The third kappa shape index (κ3) is 4.08. The largest absolute Gasteiger partial charge is 0.357 e. The molecular formula is C12H21NO. The fourth-order valence-corrected chi connectivity index (χ4v) is 1.01. The van der Waals surface area contributed by atoms with Crippen molar-refractivity contribution in [1.29, 1.82) is 0 Å². The van der Waals surface area contributed by atoms with Crippen LogP contribution in [0.2, 0.25) is 0 Å². The Balaban J connectivity index is 0. The number of benzene rings is 1. The molecule has 2 heteroatoms. The molecule has 1 aromatic rings. The Kier molecular flexibility index (Phi) is 8.99. The molecule has 0 heterocycles. The van der Waals surface area contributed by atoms with Gasteiger partial charge in [-0.1, -0.05) is 44.6 Å². The highest BCUT2D eigenvalue weighted by molar-refractivity contribution is 5.40. The Bertz CT molecular complexity index is 249. The van der Waals surface area contributed by atoms with E-state index in [2.05, 4.69) is 11.9 Å². The van der Waals surface area contributed by atoms with E-state index >= 15 is 0 Å². The molecule has 0 atom stereocenters. The van der Waals surface area contributed by atoms with Crippen LogP contribution in [0.4, 0.5) is 0 Å². The average molecular weight is 195 g/mol. The van der Waals surface area contributed by atoms with E-state index in [1.54, 1.807) is 0 Å². The van der Waals surface area contributed by atoms with Crippen molar-refractivity contribution in [3.8, 4) is 5.75 Å². The quantitative estimate of drug-likeness (QED) is 0.517. The molecule has 0 bridgehead atoms. The summed E-state index contributed by atoms with van der Waals surface area (Å²) in [5.41, 5.74) is 2.16. The van der Waals surface area contributed by atoms with E-state index in [4.69, 9.17) is 4.84 Å². The van der Waals surface area contributed by atoms with E-state index in [1.807, 2.05) is 45.9 Å². The Morgan fingerprint density at radius 3 is 1.93 bits per heavy atom. The summed E-state index contributed by atoms with van der Waals surface area (Å²) in [6.45, 7) is 11.2. The second-order valence-electron chi connectivity index (χ2n) is 2.44. The Hall–Kier alpha value is -1.31. The van der Waals surface area contributed by atoms with Crippen LogP contribution in [0.5, 0.6) is 5.75 Å². The zero-order valence-corrected chi connectivity index (χ0v) is 8.79. The Labute approximate surface area is 87.6 Å². The molecule has 0 amide bonds. The number of nitrogens with zero attached hydrogens (tertiary/aromatic N) is 1. The first-order valence-electron chi connectivity index (χ1n) is 4.45. The van der Waals surface area contributed by atoms with E-state index in [1.165, 1.54) is 0 Å². The summed E-state index contributed by atoms with van der Waals surface area (Å²) in [5.74, 6) is 0.808. The van der Waals surface area contributed by atoms with E-state index in [0.717, 1.165) is 16.9 Å². The molecule has 0 aliphatic carbocycles. The highest BCUT2D eigenvalue weighted by Crippen LogP contribution is 2.21. The highest BCUT2D eigenvalue weighted by Gasteiger charge is 2.00. The maximum absolute atomic E-state index is 4.98. The van der Waals surface area contributed by atoms with Gasteiger partial charge in [-0.25, -0.2) is 0 Å². The second-order valence-corrected chi connectivity index (χ2v) is 2.44. The topological polar surface area (TPSA) is 21.6 Å². The van der Waals surface area contributed by atoms with Crippen molar-refractivity contribution in [1.82, 2.24) is 0 Å². The minimum atomic E-state index is 0. The molecule has 0 aromatic heterocycles. The minimum absolute atomic E-state index is 0. The maximum atomic E-state index is 4.98. The molecular weight excluding hydrogens is 174 g/mol. The molecule has 0 fully saturated rings. The summed E-state index contributed by atoms with van der Waals surface area (Å²) in [6, 6.07) is 5.95. The monoisotopic (exact) mass is 195 g/mol. The number of hydrogen-bond donors (Lipinski definition) is 0. The SMILES string of the molecule is C.C=NOc1c(C)cccc1C.CC. The maximum Gasteiger partial charge on any atom is 0.163 e. The summed E-state index contributed by atoms with van der Waals surface area (Å²) < 4.78 is 0. The van der Waals surface area contributed by atoms with Crippen LogP contribution >= 0.6 is 0 Å². The van der Waals surface area contributed by atoms with E-state index in [-0.39, 0.29) is 7.43 Å². The van der Waals surface area contributed by atoms with Crippen LogP contribution in [0.3, 0.4) is 0 Å². The summed E-state index contributed by atoms with van der Waals surface area (Å²) in [5, 5.41) is 3.38. The summed E-state index contributed by atoms with van der Waals surface area (Å²) in [6.07, 6.45) is 0. The third-order valence-electron chi connectivity index (χ3n) is 1.56. The first kappa shape index (κ1) is 15.2. The van der Waals surface area contributed by atoms with E-state index in [0.29, 0.717) is 0 Å². The van der Waals surface area contributed by atoms with Gasteiger partial charge in [0.05, 0.1) is 0 Å². The number of oxime groups is 1. The number of aryl methyl sites for hydroxylation is 2. The van der Waals surface area contributed by atoms with Gasteiger partial charge in [0.2, 0.25) is 0 Å². The predicted molar refractivity (Wildman–Crippen MR) is 64.2 cm³/mol. The molecule has 0 aliphatic rings. The molecule has 0 N–H and O–H groups in total. The first-order valence-corrected chi connectivity index (χ1v) is 4.45. The number of rotatable bonds is 2. The minimum Gasteiger partial charge on any atom is -0.357 e. The molecule has 0 radical (unpaired) electrons. The highest BCUT2D eigenvalue weighted by atomic mass is 16.6. The van der Waals surface area contributed by atoms with Crippen LogP contribution in [0.1, 0.15) is 32.4 Å². The van der Waals surface area contributed by atoms with Crippen LogP contribution < -0.4 is 4.84 Å². The van der Waals surface area contributed by atoms with Crippen molar-refractivity contribution in [2.45, 2.75) is 35.1 Å². The van der Waals surface area contributed by atoms with E-state index in [9.17, 15) is 0 Å². The van der Waals surface area contributed by atoms with Gasteiger partial charge in [-0.3, -0.25) is 0 Å². The van der Waals surface area contributed by atoms with Gasteiger partial charge in [0.15, 0.2) is 5.75 Å². The first-order chi connectivity index (χ1) is 6.25. The second kappa shape index (κ2) is 8.30. The molecule has 1 aromatic carbocycles. The average Bonchev–Trinajstić information content (AvgIpc) is 2.15. The number of para-hydroxylation sites is 1. The van der Waals surface area contributed by atoms with Gasteiger partial charge in [-0.2, -0.15) is 0 Å². The van der Waals surface area contributed by atoms with Crippen molar-refractivity contribution < 1.29 is 4.84 Å². The number of hydrogen-bond acceptors (Lipinski definition) is 2. The zero-order chi connectivity index (χ0) is 10.3. The summed E-state index contributed by atoms with van der Waals surface area (Å²) in [7, 11) is 0. The lowest BCUT2D eigenvalue weighted by Crippen LogP contribution is -1.88. The molecule has 1 rings (SSSR count). The molecule has 80 valence electrons. The van der Waals surface area contributed by atoms with Gasteiger partial charge < -0.3 is 4.84 Å². The van der Waals surface area contributed by atoms with Crippen molar-refractivity contribution in [3.63, 3.8) is 0 Å². The molecule has 14 heavy (non-hydrogen) atoms. The molecule has 2 nitrogen and oxygen atoms in total. The Morgan fingerprint density at radius 1 is 1.14 bits per heavy atom. The van der Waals surface area contributed by atoms with Crippen molar-refractivity contribution in [2.75, 3.05) is 0 Å². The van der Waals surface area contributed by atoms with Crippen molar-refractivity contribution >= 4 is 6.72 Å². The van der Waals surface area contributed by atoms with Crippen LogP contribution in [-0.2, 0) is 0 Å². The summed E-state index contributed by atoms with van der Waals surface area (Å²) >= 11 is 0. The standard InChI is InChI=1S/C9H11NO.C2H6.CH4/c1-7-5-4-6-8(2)9(7)11-10-3;1-2;/h4-6H,3H2,1-2H3;1-2H3;1H4. The van der Waals surface area contributed by atoms with Gasteiger partial charge in [-0.15, -0.1) is 0 Å². The third-order valence-corrected chi connectivity index (χ3v) is 1.56. The van der Waals surface area contributed by atoms with Crippen LogP contribution in [0.15, 0.2) is 23.4 Å². The van der Waals surface area contributed by atoms with Gasteiger partial charge in [0, 0.05) is 6.72 Å². The van der Waals surface area contributed by atoms with Crippen LogP contribution in [-0.4, -0.2) is 6.72 Å². The lowest BCUT2D eigenvalue weighted by molar-refractivity contribution is 0.340. The smallest absolute Gasteiger partial charge is 0.163 e. The Morgan fingerprint density at radius 2 is 1.57 bits per heavy atom. The van der Waals surface area contributed by atoms with Gasteiger partial charge in [0.25, 0.3) is 0 Å². The van der Waals surface area contributed by atoms with Gasteiger partial charge in [0.1, 0.15) is 0 Å². The lowest BCUT2D eigenvalue weighted by Gasteiger charge is -2.04. The van der Waals surface area contributed by atoms with Crippen molar-refractivity contribution in [2.24, 2.45) is 5.16 Å². The van der Waals surface area contributed by atoms with Crippen molar-refractivity contribution in [3.05, 3.63) is 29.3 Å². The van der Waals surface area contributed by atoms with E-state index < -0.39 is 0 Å². The molecule has 0 spiro atoms. The van der Waals surface area contributed by atoms with Crippen LogP contribution in [0.25, 0.3) is 0 Å². The molecule has 0 unspecified atom stereocenters.